The number of aliphatic carboxylic acids is 1. The Morgan fingerprint density at radius 1 is 1.00 bits per heavy atom. The Labute approximate surface area is 140 Å². The number of amides is 1. The van der Waals surface area contributed by atoms with E-state index in [1.807, 2.05) is 18.2 Å². The smallest absolute Gasteiger partial charge is 0.308 e. The first-order chi connectivity index (χ1) is 11.6. The van der Waals surface area contributed by atoms with Crippen molar-refractivity contribution < 1.29 is 14.7 Å². The number of hydrogen-bond acceptors (Lipinski definition) is 2. The molecule has 0 heterocycles. The average Bonchev–Trinajstić information content (AvgIpc) is 3.25. The maximum atomic E-state index is 12.5. The molecule has 1 amide bonds. The molecule has 4 atom stereocenters. The number of nitrogens with one attached hydrogen (secondary N) is 1. The summed E-state index contributed by atoms with van der Waals surface area (Å²) in [5.41, 5.74) is 1.23. The molecule has 2 N–H and O–H groups in total. The third-order valence-electron chi connectivity index (χ3n) is 5.51. The molecular weight excluding hydrogens is 302 g/mol. The molecule has 4 heteroatoms. The van der Waals surface area contributed by atoms with Gasteiger partial charge in [0.05, 0.1) is 5.92 Å². The molecule has 2 aromatic rings. The lowest BCUT2D eigenvalue weighted by molar-refractivity contribution is -0.142. The van der Waals surface area contributed by atoms with E-state index in [9.17, 15) is 14.7 Å². The van der Waals surface area contributed by atoms with E-state index in [1.165, 1.54) is 16.3 Å². The van der Waals surface area contributed by atoms with Crippen molar-refractivity contribution in [3.8, 4) is 0 Å². The number of hydrogen-bond donors (Lipinski definition) is 2. The van der Waals surface area contributed by atoms with Crippen LogP contribution in [-0.2, 0) is 9.59 Å². The number of carboxylic acids is 1. The van der Waals surface area contributed by atoms with Gasteiger partial charge in [0.2, 0.25) is 5.91 Å². The fourth-order valence-electron chi connectivity index (χ4n) is 4.12. The third kappa shape index (κ3) is 2.66. The molecule has 0 radical (unpaired) electrons. The minimum atomic E-state index is -0.792. The molecule has 2 aliphatic carbocycles. The van der Waals surface area contributed by atoms with Crippen molar-refractivity contribution in [1.82, 2.24) is 5.32 Å². The van der Waals surface area contributed by atoms with E-state index < -0.39 is 11.9 Å². The molecule has 2 fully saturated rings. The van der Waals surface area contributed by atoms with Gasteiger partial charge in [0.15, 0.2) is 0 Å². The summed E-state index contributed by atoms with van der Waals surface area (Å²) in [6.45, 7) is 0. The molecule has 2 aromatic carbocycles. The summed E-state index contributed by atoms with van der Waals surface area (Å²) < 4.78 is 0. The van der Waals surface area contributed by atoms with Crippen LogP contribution in [0.1, 0.15) is 37.2 Å². The SMILES string of the molecule is O=C(N[C@H]1CCC[C@H]1C(=O)O)C1CC1c1cccc2ccccc12. The van der Waals surface area contributed by atoms with Crippen LogP contribution in [0.5, 0.6) is 0 Å². The number of carbonyl (C=O) groups is 2. The summed E-state index contributed by atoms with van der Waals surface area (Å²) in [4.78, 5) is 23.8. The lowest BCUT2D eigenvalue weighted by Crippen LogP contribution is -2.41. The molecule has 2 aliphatic rings. The molecule has 0 aromatic heterocycles. The number of benzene rings is 2. The second kappa shape index (κ2) is 5.93. The number of rotatable bonds is 4. The highest BCUT2D eigenvalue weighted by molar-refractivity contribution is 5.90. The highest BCUT2D eigenvalue weighted by atomic mass is 16.4. The van der Waals surface area contributed by atoms with Crippen LogP contribution in [0.3, 0.4) is 0 Å². The fraction of sp³-hybridized carbons (Fsp3) is 0.400. The normalized spacial score (nSPS) is 28.7. The van der Waals surface area contributed by atoms with Gasteiger partial charge in [-0.15, -0.1) is 0 Å². The minimum absolute atomic E-state index is 0.0195. The minimum Gasteiger partial charge on any atom is -0.481 e. The van der Waals surface area contributed by atoms with Gasteiger partial charge in [-0.2, -0.15) is 0 Å². The van der Waals surface area contributed by atoms with E-state index in [2.05, 4.69) is 29.6 Å². The molecule has 4 rings (SSSR count). The van der Waals surface area contributed by atoms with Crippen molar-refractivity contribution in [3.63, 3.8) is 0 Å². The largest absolute Gasteiger partial charge is 0.481 e. The second-order valence-electron chi connectivity index (χ2n) is 7.01. The van der Waals surface area contributed by atoms with Crippen LogP contribution in [0.4, 0.5) is 0 Å². The van der Waals surface area contributed by atoms with E-state index >= 15 is 0 Å². The van der Waals surface area contributed by atoms with Gasteiger partial charge < -0.3 is 10.4 Å². The van der Waals surface area contributed by atoms with E-state index in [4.69, 9.17) is 0 Å². The molecule has 0 spiro atoms. The molecule has 2 unspecified atom stereocenters. The molecule has 0 bridgehead atoms. The Kier molecular flexibility index (Phi) is 3.75. The van der Waals surface area contributed by atoms with Gasteiger partial charge >= 0.3 is 5.97 Å². The van der Waals surface area contributed by atoms with Crippen molar-refractivity contribution >= 4 is 22.6 Å². The molecule has 0 saturated heterocycles. The second-order valence-corrected chi connectivity index (χ2v) is 7.01. The number of carbonyl (C=O) groups excluding carboxylic acids is 1. The van der Waals surface area contributed by atoms with Crippen molar-refractivity contribution in [2.75, 3.05) is 0 Å². The Bertz CT molecular complexity index is 795. The van der Waals surface area contributed by atoms with E-state index in [0.717, 1.165) is 19.3 Å². The summed E-state index contributed by atoms with van der Waals surface area (Å²) in [5.74, 6) is -0.972. The first-order valence-electron chi connectivity index (χ1n) is 8.66. The highest BCUT2D eigenvalue weighted by Crippen LogP contribution is 2.49. The van der Waals surface area contributed by atoms with Gasteiger partial charge in [-0.25, -0.2) is 0 Å². The standard InChI is InChI=1S/C20H21NO3/c22-19(21-18-10-4-9-15(18)20(23)24)17-11-16(17)14-8-3-6-12-5-1-2-7-13(12)14/h1-3,5-8,15-18H,4,9-11H2,(H,21,22)(H,23,24)/t15-,16?,17?,18+/m1/s1. The first-order valence-corrected chi connectivity index (χ1v) is 8.66. The Balaban J connectivity index is 1.48. The van der Waals surface area contributed by atoms with Crippen LogP contribution in [0, 0.1) is 11.8 Å². The Morgan fingerprint density at radius 2 is 1.79 bits per heavy atom. The first kappa shape index (κ1) is 15.2. The summed E-state index contributed by atoms with van der Waals surface area (Å²) in [6.07, 6.45) is 3.16. The van der Waals surface area contributed by atoms with Crippen molar-refractivity contribution in [3.05, 3.63) is 48.0 Å². The van der Waals surface area contributed by atoms with Gasteiger partial charge in [0, 0.05) is 12.0 Å². The molecule has 24 heavy (non-hydrogen) atoms. The van der Waals surface area contributed by atoms with Crippen LogP contribution in [-0.4, -0.2) is 23.0 Å². The van der Waals surface area contributed by atoms with Crippen LogP contribution in [0.2, 0.25) is 0 Å². The molecule has 124 valence electrons. The van der Waals surface area contributed by atoms with Gasteiger partial charge in [0.25, 0.3) is 0 Å². The topological polar surface area (TPSA) is 66.4 Å². The molecular formula is C20H21NO3. The van der Waals surface area contributed by atoms with Gasteiger partial charge in [0.1, 0.15) is 0 Å². The van der Waals surface area contributed by atoms with Crippen LogP contribution < -0.4 is 5.32 Å². The lowest BCUT2D eigenvalue weighted by atomic mass is 9.99. The van der Waals surface area contributed by atoms with Crippen LogP contribution in [0.15, 0.2) is 42.5 Å². The molecule has 0 aliphatic heterocycles. The van der Waals surface area contributed by atoms with Gasteiger partial charge in [-0.05, 0) is 41.5 Å². The Hall–Kier alpha value is -2.36. The number of carboxylic acid groups (broad SMARTS) is 1. The predicted molar refractivity (Wildman–Crippen MR) is 91.7 cm³/mol. The fourth-order valence-corrected chi connectivity index (χ4v) is 4.12. The van der Waals surface area contributed by atoms with Crippen molar-refractivity contribution in [1.29, 1.82) is 0 Å². The number of fused-ring (bicyclic) bond motifs is 1. The quantitative estimate of drug-likeness (QED) is 0.907. The summed E-state index contributed by atoms with van der Waals surface area (Å²) in [6, 6.07) is 14.3. The monoisotopic (exact) mass is 323 g/mol. The maximum Gasteiger partial charge on any atom is 0.308 e. The van der Waals surface area contributed by atoms with Crippen LogP contribution in [0.25, 0.3) is 10.8 Å². The van der Waals surface area contributed by atoms with Gasteiger partial charge in [-0.1, -0.05) is 48.9 Å². The van der Waals surface area contributed by atoms with Gasteiger partial charge in [-0.3, -0.25) is 9.59 Å². The predicted octanol–water partition coefficient (Wildman–Crippen LogP) is 3.31. The van der Waals surface area contributed by atoms with E-state index in [1.54, 1.807) is 0 Å². The van der Waals surface area contributed by atoms with Crippen molar-refractivity contribution in [2.45, 2.75) is 37.6 Å². The zero-order chi connectivity index (χ0) is 16.7. The zero-order valence-corrected chi connectivity index (χ0v) is 13.4. The van der Waals surface area contributed by atoms with E-state index in [0.29, 0.717) is 6.42 Å². The maximum absolute atomic E-state index is 12.5. The lowest BCUT2D eigenvalue weighted by Gasteiger charge is -2.17. The average molecular weight is 323 g/mol. The summed E-state index contributed by atoms with van der Waals surface area (Å²) in [7, 11) is 0. The van der Waals surface area contributed by atoms with Crippen molar-refractivity contribution in [2.24, 2.45) is 11.8 Å². The molecule has 4 nitrogen and oxygen atoms in total. The van der Waals surface area contributed by atoms with Crippen LogP contribution >= 0.6 is 0 Å². The summed E-state index contributed by atoms with van der Waals surface area (Å²) >= 11 is 0. The Morgan fingerprint density at radius 3 is 2.62 bits per heavy atom. The summed E-state index contributed by atoms with van der Waals surface area (Å²) in [5, 5.41) is 14.7. The highest BCUT2D eigenvalue weighted by Gasteiger charge is 2.46. The third-order valence-corrected chi connectivity index (χ3v) is 5.51. The zero-order valence-electron chi connectivity index (χ0n) is 13.4. The van der Waals surface area contributed by atoms with E-state index in [-0.39, 0.29) is 23.8 Å². The molecule has 2 saturated carbocycles.